The van der Waals surface area contributed by atoms with E-state index in [0.717, 1.165) is 30.2 Å². The van der Waals surface area contributed by atoms with E-state index in [1.165, 1.54) is 4.70 Å². The van der Waals surface area contributed by atoms with Crippen molar-refractivity contribution in [2.75, 3.05) is 26.2 Å². The number of aliphatic hydroxyl groups is 1. The summed E-state index contributed by atoms with van der Waals surface area (Å²) in [5.41, 5.74) is 1.70. The summed E-state index contributed by atoms with van der Waals surface area (Å²) in [5.74, 6) is -0.212. The number of rotatable bonds is 4. The first kappa shape index (κ1) is 17.1. The monoisotopic (exact) mass is 367 g/mol. The van der Waals surface area contributed by atoms with E-state index in [9.17, 15) is 9.90 Å². The molecule has 2 heterocycles. The van der Waals surface area contributed by atoms with Crippen molar-refractivity contribution in [3.63, 3.8) is 0 Å². The molecule has 2 aromatic carbocycles. The van der Waals surface area contributed by atoms with E-state index in [-0.39, 0.29) is 5.91 Å². The minimum atomic E-state index is -1.08. The van der Waals surface area contributed by atoms with Gasteiger partial charge in [0.15, 0.2) is 6.10 Å². The van der Waals surface area contributed by atoms with Crippen LogP contribution in [0, 0.1) is 0 Å². The van der Waals surface area contributed by atoms with Gasteiger partial charge in [-0.15, -0.1) is 11.3 Å². The highest BCUT2D eigenvalue weighted by molar-refractivity contribution is 7.18. The minimum absolute atomic E-state index is 0.212. The standard InChI is InChI=1S/C20H21N3O2S/c24-19(15-6-2-1-3-7-15)20(25)23-12-10-22(11-13-23)14-18-21-16-8-4-5-9-17(16)26-18/h1-9,19,24H,10-14H2/t19-/m0/s1. The van der Waals surface area contributed by atoms with Crippen LogP contribution in [0.1, 0.15) is 16.7 Å². The van der Waals surface area contributed by atoms with Gasteiger partial charge in [-0.2, -0.15) is 0 Å². The van der Waals surface area contributed by atoms with Gasteiger partial charge in [0.2, 0.25) is 0 Å². The Hall–Kier alpha value is -2.28. The number of carbonyl (C=O) groups is 1. The summed E-state index contributed by atoms with van der Waals surface area (Å²) in [5, 5.41) is 11.4. The highest BCUT2D eigenvalue weighted by atomic mass is 32.1. The molecular weight excluding hydrogens is 346 g/mol. The zero-order chi connectivity index (χ0) is 17.9. The maximum atomic E-state index is 12.5. The molecule has 1 aliphatic heterocycles. The van der Waals surface area contributed by atoms with Crippen LogP contribution in [0.25, 0.3) is 10.2 Å². The van der Waals surface area contributed by atoms with Crippen LogP contribution in [-0.2, 0) is 11.3 Å². The number of fused-ring (bicyclic) bond motifs is 1. The number of thiazole rings is 1. The van der Waals surface area contributed by atoms with E-state index in [0.29, 0.717) is 18.7 Å². The van der Waals surface area contributed by atoms with Gasteiger partial charge in [0, 0.05) is 26.2 Å². The van der Waals surface area contributed by atoms with Gasteiger partial charge in [-0.25, -0.2) is 4.98 Å². The number of nitrogens with zero attached hydrogens (tertiary/aromatic N) is 3. The molecule has 1 fully saturated rings. The van der Waals surface area contributed by atoms with Gasteiger partial charge in [-0.05, 0) is 17.7 Å². The lowest BCUT2D eigenvalue weighted by Crippen LogP contribution is -2.49. The van der Waals surface area contributed by atoms with Crippen molar-refractivity contribution in [2.24, 2.45) is 0 Å². The molecule has 1 aliphatic rings. The van der Waals surface area contributed by atoms with Crippen molar-refractivity contribution in [2.45, 2.75) is 12.6 Å². The largest absolute Gasteiger partial charge is 0.378 e. The van der Waals surface area contributed by atoms with Gasteiger partial charge >= 0.3 is 0 Å². The number of para-hydroxylation sites is 1. The molecule has 1 atom stereocenters. The molecule has 6 heteroatoms. The Morgan fingerprint density at radius 2 is 1.73 bits per heavy atom. The highest BCUT2D eigenvalue weighted by Crippen LogP contribution is 2.23. The molecule has 0 spiro atoms. The fourth-order valence-corrected chi connectivity index (χ4v) is 4.27. The van der Waals surface area contributed by atoms with Crippen molar-refractivity contribution in [3.8, 4) is 0 Å². The quantitative estimate of drug-likeness (QED) is 0.770. The minimum Gasteiger partial charge on any atom is -0.378 e. The third-order valence-corrected chi connectivity index (χ3v) is 5.75. The third-order valence-electron chi connectivity index (χ3n) is 4.73. The molecule has 0 bridgehead atoms. The number of aromatic nitrogens is 1. The van der Waals surface area contributed by atoms with Crippen LogP contribution < -0.4 is 0 Å². The van der Waals surface area contributed by atoms with Crippen LogP contribution in [0.5, 0.6) is 0 Å². The van der Waals surface area contributed by atoms with Crippen LogP contribution >= 0.6 is 11.3 Å². The predicted molar refractivity (Wildman–Crippen MR) is 103 cm³/mol. The van der Waals surface area contributed by atoms with E-state index in [1.807, 2.05) is 36.4 Å². The number of piperazine rings is 1. The van der Waals surface area contributed by atoms with E-state index < -0.39 is 6.10 Å². The fraction of sp³-hybridized carbons (Fsp3) is 0.300. The summed E-state index contributed by atoms with van der Waals surface area (Å²) in [6.07, 6.45) is -1.08. The second kappa shape index (κ2) is 7.53. The Kier molecular flexibility index (Phi) is 4.97. The van der Waals surface area contributed by atoms with Crippen molar-refractivity contribution in [3.05, 3.63) is 65.2 Å². The van der Waals surface area contributed by atoms with Crippen LogP contribution in [0.2, 0.25) is 0 Å². The zero-order valence-electron chi connectivity index (χ0n) is 14.4. The number of amides is 1. The molecule has 3 aromatic rings. The average molecular weight is 367 g/mol. The first-order valence-electron chi connectivity index (χ1n) is 8.79. The van der Waals surface area contributed by atoms with Crippen molar-refractivity contribution >= 4 is 27.5 Å². The van der Waals surface area contributed by atoms with Crippen LogP contribution in [0.3, 0.4) is 0 Å². The Labute approximate surface area is 156 Å². The fourth-order valence-electron chi connectivity index (χ4n) is 3.26. The Balaban J connectivity index is 1.34. The molecule has 5 nitrogen and oxygen atoms in total. The SMILES string of the molecule is O=C([C@@H](O)c1ccccc1)N1CCN(Cc2nc3ccccc3s2)CC1. The summed E-state index contributed by atoms with van der Waals surface area (Å²) >= 11 is 1.73. The van der Waals surface area contributed by atoms with E-state index >= 15 is 0 Å². The molecule has 134 valence electrons. The lowest BCUT2D eigenvalue weighted by molar-refractivity contribution is -0.142. The highest BCUT2D eigenvalue weighted by Gasteiger charge is 2.27. The van der Waals surface area contributed by atoms with Crippen molar-refractivity contribution < 1.29 is 9.90 Å². The van der Waals surface area contributed by atoms with Gasteiger partial charge < -0.3 is 10.0 Å². The van der Waals surface area contributed by atoms with E-state index in [4.69, 9.17) is 0 Å². The third kappa shape index (κ3) is 3.62. The molecule has 0 unspecified atom stereocenters. The number of benzene rings is 2. The topological polar surface area (TPSA) is 56.7 Å². The zero-order valence-corrected chi connectivity index (χ0v) is 15.2. The van der Waals surface area contributed by atoms with Crippen LogP contribution in [0.15, 0.2) is 54.6 Å². The Bertz CT molecular complexity index is 855. The summed E-state index contributed by atoms with van der Waals surface area (Å²) in [7, 11) is 0. The van der Waals surface area contributed by atoms with Gasteiger partial charge in [-0.3, -0.25) is 9.69 Å². The number of hydrogen-bond donors (Lipinski definition) is 1. The predicted octanol–water partition coefficient (Wildman–Crippen LogP) is 2.67. The first-order valence-corrected chi connectivity index (χ1v) is 9.61. The maximum Gasteiger partial charge on any atom is 0.256 e. The molecule has 26 heavy (non-hydrogen) atoms. The van der Waals surface area contributed by atoms with Gasteiger partial charge in [-0.1, -0.05) is 42.5 Å². The first-order chi connectivity index (χ1) is 12.7. The van der Waals surface area contributed by atoms with E-state index in [2.05, 4.69) is 16.0 Å². The molecule has 0 radical (unpaired) electrons. The lowest BCUT2D eigenvalue weighted by atomic mass is 10.1. The molecule has 1 saturated heterocycles. The molecule has 1 aromatic heterocycles. The summed E-state index contributed by atoms with van der Waals surface area (Å²) in [6, 6.07) is 17.3. The number of aliphatic hydroxyl groups excluding tert-OH is 1. The summed E-state index contributed by atoms with van der Waals surface area (Å²) in [4.78, 5) is 21.3. The Morgan fingerprint density at radius 3 is 2.46 bits per heavy atom. The molecular formula is C20H21N3O2S. The molecule has 4 rings (SSSR count). The van der Waals surface area contributed by atoms with Crippen LogP contribution in [-0.4, -0.2) is 52.0 Å². The Morgan fingerprint density at radius 1 is 1.04 bits per heavy atom. The van der Waals surface area contributed by atoms with E-state index in [1.54, 1.807) is 28.4 Å². The molecule has 0 saturated carbocycles. The second-order valence-corrected chi connectivity index (χ2v) is 7.61. The number of hydrogen-bond acceptors (Lipinski definition) is 5. The normalized spacial score (nSPS) is 16.7. The summed E-state index contributed by atoms with van der Waals surface area (Å²) in [6.45, 7) is 3.66. The maximum absolute atomic E-state index is 12.5. The molecule has 1 amide bonds. The molecule has 1 N–H and O–H groups in total. The van der Waals surface area contributed by atoms with Crippen molar-refractivity contribution in [1.82, 2.24) is 14.8 Å². The van der Waals surface area contributed by atoms with Crippen LogP contribution in [0.4, 0.5) is 0 Å². The van der Waals surface area contributed by atoms with Gasteiger partial charge in [0.05, 0.1) is 16.8 Å². The summed E-state index contributed by atoms with van der Waals surface area (Å²) < 4.78 is 1.21. The van der Waals surface area contributed by atoms with Gasteiger partial charge in [0.1, 0.15) is 5.01 Å². The average Bonchev–Trinajstić information content (AvgIpc) is 3.10. The van der Waals surface area contributed by atoms with Gasteiger partial charge in [0.25, 0.3) is 5.91 Å². The lowest BCUT2D eigenvalue weighted by Gasteiger charge is -2.35. The van der Waals surface area contributed by atoms with Crippen molar-refractivity contribution in [1.29, 1.82) is 0 Å². The number of carbonyl (C=O) groups excluding carboxylic acids is 1. The smallest absolute Gasteiger partial charge is 0.256 e. The molecule has 0 aliphatic carbocycles. The second-order valence-electron chi connectivity index (χ2n) is 6.49.